The van der Waals surface area contributed by atoms with Gasteiger partial charge in [0, 0.05) is 18.7 Å². The Bertz CT molecular complexity index is 568. The molecule has 0 saturated heterocycles. The van der Waals surface area contributed by atoms with E-state index >= 15 is 0 Å². The van der Waals surface area contributed by atoms with Crippen molar-refractivity contribution in [2.45, 2.75) is 32.9 Å². The van der Waals surface area contributed by atoms with Crippen molar-refractivity contribution >= 4 is 5.96 Å². The van der Waals surface area contributed by atoms with Crippen molar-refractivity contribution in [2.75, 3.05) is 19.6 Å². The van der Waals surface area contributed by atoms with Gasteiger partial charge in [-0.2, -0.15) is 13.2 Å². The van der Waals surface area contributed by atoms with Gasteiger partial charge in [-0.05, 0) is 31.5 Å². The average molecular weight is 325 g/mol. The monoisotopic (exact) mass is 325 g/mol. The number of rotatable bonds is 5. The first-order valence-electron chi connectivity index (χ1n) is 7.65. The van der Waals surface area contributed by atoms with Crippen LogP contribution in [0, 0.1) is 11.8 Å². The Hall–Kier alpha value is -2.16. The molecule has 0 radical (unpaired) electrons. The highest BCUT2D eigenvalue weighted by Crippen LogP contribution is 2.29. The molecule has 0 saturated carbocycles. The summed E-state index contributed by atoms with van der Waals surface area (Å²) in [5, 5.41) is 6.13. The lowest BCUT2D eigenvalue weighted by Crippen LogP contribution is -2.37. The first-order chi connectivity index (χ1) is 11.0. The van der Waals surface area contributed by atoms with Gasteiger partial charge in [-0.25, -0.2) is 0 Å². The van der Waals surface area contributed by atoms with Crippen LogP contribution in [0.25, 0.3) is 0 Å². The lowest BCUT2D eigenvalue weighted by molar-refractivity contribution is -0.137. The topological polar surface area (TPSA) is 36.4 Å². The molecule has 0 aromatic heterocycles. The van der Waals surface area contributed by atoms with Gasteiger partial charge in [-0.1, -0.05) is 31.3 Å². The fraction of sp³-hybridized carbons (Fsp3) is 0.471. The Balaban J connectivity index is 2.61. The standard InChI is InChI=1S/C17H22F3N3/c1-3-5-11-22-16(21-4-2)23-12-7-9-14-8-6-10-15(13-14)17(18,19)20/h6,8,10,13H,3-5,11-12H2,1-2H3,(H2,21,22,23). The molecule has 0 spiro atoms. The van der Waals surface area contributed by atoms with E-state index in [0.717, 1.165) is 38.1 Å². The SMILES string of the molecule is CCCCN=C(NCC)NCC#Cc1cccc(C(F)(F)F)c1. The molecule has 0 aliphatic carbocycles. The molecule has 0 unspecified atom stereocenters. The van der Waals surface area contributed by atoms with E-state index in [4.69, 9.17) is 0 Å². The van der Waals surface area contributed by atoms with Crippen LogP contribution in [0.1, 0.15) is 37.8 Å². The first kappa shape index (κ1) is 18.9. The highest BCUT2D eigenvalue weighted by molar-refractivity contribution is 5.80. The van der Waals surface area contributed by atoms with Gasteiger partial charge in [0.05, 0.1) is 12.1 Å². The molecule has 2 N–H and O–H groups in total. The minimum Gasteiger partial charge on any atom is -0.357 e. The van der Waals surface area contributed by atoms with Gasteiger partial charge in [-0.15, -0.1) is 0 Å². The van der Waals surface area contributed by atoms with Crippen LogP contribution in [0.3, 0.4) is 0 Å². The highest BCUT2D eigenvalue weighted by atomic mass is 19.4. The van der Waals surface area contributed by atoms with Crippen molar-refractivity contribution in [3.8, 4) is 11.8 Å². The Labute approximate surface area is 135 Å². The minimum atomic E-state index is -4.35. The van der Waals surface area contributed by atoms with Crippen LogP contribution in [0.5, 0.6) is 0 Å². The average Bonchev–Trinajstić information content (AvgIpc) is 2.51. The van der Waals surface area contributed by atoms with Crippen LogP contribution in [-0.4, -0.2) is 25.6 Å². The molecule has 0 heterocycles. The third-order valence-corrected chi connectivity index (χ3v) is 2.89. The number of unbranched alkanes of at least 4 members (excludes halogenated alkanes) is 1. The van der Waals surface area contributed by atoms with Gasteiger partial charge in [-0.3, -0.25) is 4.99 Å². The zero-order valence-electron chi connectivity index (χ0n) is 13.4. The summed E-state index contributed by atoms with van der Waals surface area (Å²) in [4.78, 5) is 4.37. The summed E-state index contributed by atoms with van der Waals surface area (Å²) in [5.74, 6) is 6.20. The maximum absolute atomic E-state index is 12.6. The molecule has 1 rings (SSSR count). The quantitative estimate of drug-likeness (QED) is 0.377. The third-order valence-electron chi connectivity index (χ3n) is 2.89. The third kappa shape index (κ3) is 7.59. The molecule has 0 atom stereocenters. The second-order valence-corrected chi connectivity index (χ2v) is 4.85. The van der Waals surface area contributed by atoms with Crippen LogP contribution in [0.4, 0.5) is 13.2 Å². The van der Waals surface area contributed by atoms with Crippen molar-refractivity contribution in [3.05, 3.63) is 35.4 Å². The smallest absolute Gasteiger partial charge is 0.357 e. The second kappa shape index (κ2) is 9.78. The predicted molar refractivity (Wildman–Crippen MR) is 87.2 cm³/mol. The van der Waals surface area contributed by atoms with E-state index in [0.29, 0.717) is 18.1 Å². The maximum Gasteiger partial charge on any atom is 0.416 e. The van der Waals surface area contributed by atoms with E-state index in [1.165, 1.54) is 6.07 Å². The number of guanidine groups is 1. The summed E-state index contributed by atoms with van der Waals surface area (Å²) < 4.78 is 37.8. The van der Waals surface area contributed by atoms with Crippen LogP contribution in [-0.2, 0) is 6.18 Å². The van der Waals surface area contributed by atoms with Crippen molar-refractivity contribution in [1.82, 2.24) is 10.6 Å². The molecule has 0 fully saturated rings. The minimum absolute atomic E-state index is 0.314. The lowest BCUT2D eigenvalue weighted by atomic mass is 10.1. The second-order valence-electron chi connectivity index (χ2n) is 4.85. The number of benzene rings is 1. The fourth-order valence-corrected chi connectivity index (χ4v) is 1.74. The summed E-state index contributed by atoms with van der Waals surface area (Å²) in [7, 11) is 0. The van der Waals surface area contributed by atoms with Crippen LogP contribution < -0.4 is 10.6 Å². The predicted octanol–water partition coefficient (Wildman–Crippen LogP) is 3.41. The zero-order chi connectivity index (χ0) is 17.1. The van der Waals surface area contributed by atoms with Crippen molar-refractivity contribution < 1.29 is 13.2 Å². The molecular weight excluding hydrogens is 303 g/mol. The molecule has 0 bridgehead atoms. The van der Waals surface area contributed by atoms with Crippen molar-refractivity contribution in [1.29, 1.82) is 0 Å². The Kier molecular flexibility index (Phi) is 8.03. The molecule has 6 heteroatoms. The van der Waals surface area contributed by atoms with Gasteiger partial charge in [0.2, 0.25) is 0 Å². The summed E-state index contributed by atoms with van der Waals surface area (Å²) in [6.07, 6.45) is -2.27. The number of nitrogens with zero attached hydrogens (tertiary/aromatic N) is 1. The van der Waals surface area contributed by atoms with Gasteiger partial charge >= 0.3 is 6.18 Å². The molecule has 3 nitrogen and oxygen atoms in total. The Morgan fingerprint density at radius 3 is 2.65 bits per heavy atom. The summed E-state index contributed by atoms with van der Waals surface area (Å²) in [6.45, 7) is 5.84. The van der Waals surface area contributed by atoms with E-state index in [9.17, 15) is 13.2 Å². The van der Waals surface area contributed by atoms with E-state index in [2.05, 4.69) is 34.4 Å². The van der Waals surface area contributed by atoms with E-state index in [1.807, 2.05) is 6.92 Å². The number of aliphatic imine (C=N–C) groups is 1. The summed E-state index contributed by atoms with van der Waals surface area (Å²) in [5.41, 5.74) is -0.346. The molecule has 0 aliphatic rings. The van der Waals surface area contributed by atoms with E-state index in [1.54, 1.807) is 6.07 Å². The largest absolute Gasteiger partial charge is 0.416 e. The molecular formula is C17H22F3N3. The van der Waals surface area contributed by atoms with E-state index in [-0.39, 0.29) is 0 Å². The maximum atomic E-state index is 12.6. The van der Waals surface area contributed by atoms with Crippen LogP contribution in [0.2, 0.25) is 0 Å². The van der Waals surface area contributed by atoms with Crippen LogP contribution >= 0.6 is 0 Å². The molecule has 0 aliphatic heterocycles. The Morgan fingerprint density at radius 1 is 1.22 bits per heavy atom. The summed E-state index contributed by atoms with van der Waals surface area (Å²) in [6, 6.07) is 5.00. The normalized spacial score (nSPS) is 11.6. The van der Waals surface area contributed by atoms with Gasteiger partial charge in [0.1, 0.15) is 0 Å². The highest BCUT2D eigenvalue weighted by Gasteiger charge is 2.30. The van der Waals surface area contributed by atoms with Gasteiger partial charge < -0.3 is 10.6 Å². The first-order valence-corrected chi connectivity index (χ1v) is 7.65. The fourth-order valence-electron chi connectivity index (χ4n) is 1.74. The van der Waals surface area contributed by atoms with Gasteiger partial charge in [0.15, 0.2) is 5.96 Å². The number of hydrogen-bond donors (Lipinski definition) is 2. The molecule has 23 heavy (non-hydrogen) atoms. The number of alkyl halides is 3. The molecule has 0 amide bonds. The Morgan fingerprint density at radius 2 is 2.00 bits per heavy atom. The van der Waals surface area contributed by atoms with Gasteiger partial charge in [0.25, 0.3) is 0 Å². The number of nitrogens with one attached hydrogen (secondary N) is 2. The molecule has 126 valence electrons. The zero-order valence-corrected chi connectivity index (χ0v) is 13.4. The molecule has 1 aromatic rings. The van der Waals surface area contributed by atoms with E-state index < -0.39 is 11.7 Å². The van der Waals surface area contributed by atoms with Crippen molar-refractivity contribution in [3.63, 3.8) is 0 Å². The number of halogens is 3. The van der Waals surface area contributed by atoms with Crippen LogP contribution in [0.15, 0.2) is 29.3 Å². The van der Waals surface area contributed by atoms with Crippen molar-refractivity contribution in [2.24, 2.45) is 4.99 Å². The number of hydrogen-bond acceptors (Lipinski definition) is 1. The molecule has 1 aromatic carbocycles. The lowest BCUT2D eigenvalue weighted by Gasteiger charge is -2.08. The summed E-state index contributed by atoms with van der Waals surface area (Å²) >= 11 is 0.